The molecule has 3 rings (SSSR count). The molecule has 1 heterocycles. The predicted octanol–water partition coefficient (Wildman–Crippen LogP) is 2.73. The van der Waals surface area contributed by atoms with Crippen LogP contribution in [0.5, 0.6) is 11.5 Å². The van der Waals surface area contributed by atoms with Crippen molar-refractivity contribution >= 4 is 23.2 Å². The number of rotatable bonds is 4. The van der Waals surface area contributed by atoms with Crippen molar-refractivity contribution in [3.63, 3.8) is 0 Å². The second-order valence-electron chi connectivity index (χ2n) is 5.61. The molecule has 2 N–H and O–H groups in total. The summed E-state index contributed by atoms with van der Waals surface area (Å²) in [6, 6.07) is 12.5. The summed E-state index contributed by atoms with van der Waals surface area (Å²) in [5.74, 6) is 0.715. The van der Waals surface area contributed by atoms with Gasteiger partial charge in [-0.25, -0.2) is 0 Å². The second kappa shape index (κ2) is 6.62. The fraction of sp³-hybridized carbons (Fsp3) is 0.222. The Morgan fingerprint density at radius 1 is 1.25 bits per heavy atom. The number of anilines is 2. The molecule has 0 spiro atoms. The molecule has 2 aromatic carbocycles. The number of hydrogen-bond acceptors (Lipinski definition) is 4. The first-order valence-corrected chi connectivity index (χ1v) is 7.62. The van der Waals surface area contributed by atoms with Crippen molar-refractivity contribution in [1.29, 1.82) is 0 Å². The lowest BCUT2D eigenvalue weighted by Crippen LogP contribution is -2.34. The molecule has 0 aromatic heterocycles. The molecule has 1 aliphatic rings. The van der Waals surface area contributed by atoms with Gasteiger partial charge >= 0.3 is 0 Å². The topological polar surface area (TPSA) is 76.7 Å². The molecule has 0 saturated carbocycles. The lowest BCUT2D eigenvalue weighted by atomic mass is 10.2. The molecule has 2 aromatic rings. The average Bonchev–Trinajstić information content (AvgIpc) is 2.56. The average molecular weight is 326 g/mol. The summed E-state index contributed by atoms with van der Waals surface area (Å²) in [5, 5.41) is 5.47. The summed E-state index contributed by atoms with van der Waals surface area (Å²) >= 11 is 0. The molecule has 0 aliphatic carbocycles. The summed E-state index contributed by atoms with van der Waals surface area (Å²) in [5.41, 5.74) is 2.22. The lowest BCUT2D eigenvalue weighted by molar-refractivity contribution is -0.122. The van der Waals surface area contributed by atoms with Gasteiger partial charge in [0.05, 0.1) is 5.69 Å². The highest BCUT2D eigenvalue weighted by atomic mass is 16.5. The van der Waals surface area contributed by atoms with Crippen LogP contribution in [-0.2, 0) is 9.59 Å². The monoisotopic (exact) mass is 326 g/mol. The molecule has 6 nitrogen and oxygen atoms in total. The van der Waals surface area contributed by atoms with Gasteiger partial charge in [-0.05, 0) is 44.2 Å². The largest absolute Gasteiger partial charge is 0.484 e. The van der Waals surface area contributed by atoms with E-state index in [9.17, 15) is 9.59 Å². The van der Waals surface area contributed by atoms with E-state index in [0.29, 0.717) is 22.9 Å². The molecule has 1 atom stereocenters. The van der Waals surface area contributed by atoms with Crippen molar-refractivity contribution in [1.82, 2.24) is 0 Å². The van der Waals surface area contributed by atoms with Gasteiger partial charge in [-0.15, -0.1) is 0 Å². The van der Waals surface area contributed by atoms with E-state index in [1.807, 2.05) is 31.2 Å². The summed E-state index contributed by atoms with van der Waals surface area (Å²) < 4.78 is 10.9. The van der Waals surface area contributed by atoms with Crippen LogP contribution >= 0.6 is 0 Å². The smallest absolute Gasteiger partial charge is 0.265 e. The standard InChI is InChI=1S/C18H18N2O4/c1-11-3-6-14(7-4-11)23-10-17(21)19-13-5-8-16-15(9-13)20-18(22)12(2)24-16/h3-9,12H,10H2,1-2H3,(H,19,21)(H,20,22)/t12-/m0/s1. The van der Waals surface area contributed by atoms with Crippen molar-refractivity contribution in [2.75, 3.05) is 17.2 Å². The minimum Gasteiger partial charge on any atom is -0.484 e. The van der Waals surface area contributed by atoms with Crippen LogP contribution in [0.1, 0.15) is 12.5 Å². The number of hydrogen-bond donors (Lipinski definition) is 2. The summed E-state index contributed by atoms with van der Waals surface area (Å²) in [7, 11) is 0. The Kier molecular flexibility index (Phi) is 4.37. The van der Waals surface area contributed by atoms with Crippen molar-refractivity contribution in [3.05, 3.63) is 48.0 Å². The van der Waals surface area contributed by atoms with Crippen LogP contribution in [0.2, 0.25) is 0 Å². The van der Waals surface area contributed by atoms with E-state index in [0.717, 1.165) is 5.56 Å². The fourth-order valence-electron chi connectivity index (χ4n) is 2.27. The van der Waals surface area contributed by atoms with Gasteiger partial charge in [-0.1, -0.05) is 17.7 Å². The van der Waals surface area contributed by atoms with Crippen molar-refractivity contribution < 1.29 is 19.1 Å². The van der Waals surface area contributed by atoms with Gasteiger partial charge in [0.1, 0.15) is 11.5 Å². The zero-order chi connectivity index (χ0) is 17.1. The van der Waals surface area contributed by atoms with Crippen LogP contribution in [0.25, 0.3) is 0 Å². The first-order chi connectivity index (χ1) is 11.5. The van der Waals surface area contributed by atoms with Gasteiger partial charge in [0.2, 0.25) is 0 Å². The van der Waals surface area contributed by atoms with E-state index in [1.54, 1.807) is 25.1 Å². The van der Waals surface area contributed by atoms with E-state index in [2.05, 4.69) is 10.6 Å². The molecule has 0 saturated heterocycles. The third-order valence-electron chi connectivity index (χ3n) is 3.59. The Hall–Kier alpha value is -3.02. The molecule has 2 amide bonds. The summed E-state index contributed by atoms with van der Waals surface area (Å²) in [6.45, 7) is 3.56. The summed E-state index contributed by atoms with van der Waals surface area (Å²) in [4.78, 5) is 23.6. The highest BCUT2D eigenvalue weighted by molar-refractivity contribution is 5.99. The number of nitrogens with one attached hydrogen (secondary N) is 2. The second-order valence-corrected chi connectivity index (χ2v) is 5.61. The normalized spacial score (nSPS) is 15.8. The zero-order valence-electron chi connectivity index (χ0n) is 13.5. The zero-order valence-corrected chi connectivity index (χ0v) is 13.5. The first-order valence-electron chi connectivity index (χ1n) is 7.62. The number of fused-ring (bicyclic) bond motifs is 1. The molecular weight excluding hydrogens is 308 g/mol. The third-order valence-corrected chi connectivity index (χ3v) is 3.59. The number of benzene rings is 2. The highest BCUT2D eigenvalue weighted by Gasteiger charge is 2.23. The van der Waals surface area contributed by atoms with Gasteiger partial charge in [-0.3, -0.25) is 9.59 Å². The molecule has 24 heavy (non-hydrogen) atoms. The van der Waals surface area contributed by atoms with E-state index in [4.69, 9.17) is 9.47 Å². The van der Waals surface area contributed by atoms with Crippen LogP contribution in [0.3, 0.4) is 0 Å². The van der Waals surface area contributed by atoms with Crippen molar-refractivity contribution in [2.45, 2.75) is 20.0 Å². The van der Waals surface area contributed by atoms with Gasteiger partial charge in [0, 0.05) is 5.69 Å². The van der Waals surface area contributed by atoms with Crippen LogP contribution < -0.4 is 20.1 Å². The maximum atomic E-state index is 12.0. The van der Waals surface area contributed by atoms with Crippen LogP contribution in [0.15, 0.2) is 42.5 Å². The van der Waals surface area contributed by atoms with Gasteiger partial charge < -0.3 is 20.1 Å². The quantitative estimate of drug-likeness (QED) is 0.906. The van der Waals surface area contributed by atoms with Crippen molar-refractivity contribution in [3.8, 4) is 11.5 Å². The van der Waals surface area contributed by atoms with Gasteiger partial charge in [0.15, 0.2) is 12.7 Å². The number of amides is 2. The molecule has 0 bridgehead atoms. The summed E-state index contributed by atoms with van der Waals surface area (Å²) in [6.07, 6.45) is -0.527. The van der Waals surface area contributed by atoms with Crippen LogP contribution in [-0.4, -0.2) is 24.5 Å². The molecule has 0 fully saturated rings. The van der Waals surface area contributed by atoms with Gasteiger partial charge in [0.25, 0.3) is 11.8 Å². The number of carbonyl (C=O) groups excluding carboxylic acids is 2. The van der Waals surface area contributed by atoms with E-state index in [1.165, 1.54) is 0 Å². The molecule has 1 aliphatic heterocycles. The van der Waals surface area contributed by atoms with Crippen LogP contribution in [0.4, 0.5) is 11.4 Å². The maximum absolute atomic E-state index is 12.0. The molecule has 124 valence electrons. The molecule has 0 unspecified atom stereocenters. The minimum atomic E-state index is -0.527. The van der Waals surface area contributed by atoms with Crippen LogP contribution in [0, 0.1) is 6.92 Å². The third kappa shape index (κ3) is 3.65. The molecule has 0 radical (unpaired) electrons. The fourth-order valence-corrected chi connectivity index (χ4v) is 2.27. The predicted molar refractivity (Wildman–Crippen MR) is 90.5 cm³/mol. The number of carbonyl (C=O) groups is 2. The number of aryl methyl sites for hydroxylation is 1. The Labute approximate surface area is 139 Å². The Morgan fingerprint density at radius 3 is 2.75 bits per heavy atom. The Morgan fingerprint density at radius 2 is 2.00 bits per heavy atom. The Balaban J connectivity index is 1.59. The maximum Gasteiger partial charge on any atom is 0.265 e. The van der Waals surface area contributed by atoms with Gasteiger partial charge in [-0.2, -0.15) is 0 Å². The number of ether oxygens (including phenoxy) is 2. The van der Waals surface area contributed by atoms with E-state index >= 15 is 0 Å². The Bertz CT molecular complexity index is 771. The van der Waals surface area contributed by atoms with Crippen molar-refractivity contribution in [2.24, 2.45) is 0 Å². The highest BCUT2D eigenvalue weighted by Crippen LogP contribution is 2.32. The molecular formula is C18H18N2O4. The lowest BCUT2D eigenvalue weighted by Gasteiger charge is -2.23. The minimum absolute atomic E-state index is 0.0972. The molecule has 6 heteroatoms. The van der Waals surface area contributed by atoms with E-state index < -0.39 is 6.10 Å². The SMILES string of the molecule is Cc1ccc(OCC(=O)Nc2ccc3c(c2)NC(=O)[C@H](C)O3)cc1. The first kappa shape index (κ1) is 15.9. The van der Waals surface area contributed by atoms with E-state index in [-0.39, 0.29) is 18.4 Å².